The predicted octanol–water partition coefficient (Wildman–Crippen LogP) is 6.13. The van der Waals surface area contributed by atoms with Gasteiger partial charge in [0.25, 0.3) is 0 Å². The third kappa shape index (κ3) is 5.35. The Bertz CT molecular complexity index is 1260. The van der Waals surface area contributed by atoms with E-state index in [1.165, 1.54) is 16.3 Å². The summed E-state index contributed by atoms with van der Waals surface area (Å²) in [5.74, 6) is 0.736. The minimum Gasteiger partial charge on any atom is -0.496 e. The number of hydrogen-bond acceptors (Lipinski definition) is 3. The number of carbonyl (C=O) groups is 1. The lowest BCUT2D eigenvalue weighted by Crippen LogP contribution is -2.02. The molecule has 33 heavy (non-hydrogen) atoms. The van der Waals surface area contributed by atoms with Gasteiger partial charge in [-0.3, -0.25) is 0 Å². The Morgan fingerprint density at radius 3 is 1.85 bits per heavy atom. The van der Waals surface area contributed by atoms with Crippen LogP contribution in [0, 0.1) is 0 Å². The highest BCUT2D eigenvalue weighted by Crippen LogP contribution is 2.31. The third-order valence-electron chi connectivity index (χ3n) is 6.06. The number of methoxy groups -OCH3 is 2. The smallest absolute Gasteiger partial charge is 0.335 e. The Kier molecular flexibility index (Phi) is 6.94. The molecule has 1 N–H and O–H groups in total. The van der Waals surface area contributed by atoms with Gasteiger partial charge in [-0.1, -0.05) is 54.6 Å². The number of hydrogen-bond donors (Lipinski definition) is 1. The molecule has 0 unspecified atom stereocenters. The molecule has 0 spiro atoms. The molecular weight excluding hydrogens is 412 g/mol. The summed E-state index contributed by atoms with van der Waals surface area (Å²) in [5, 5.41) is 11.6. The molecule has 4 rings (SSSR count). The summed E-state index contributed by atoms with van der Waals surface area (Å²) in [6.45, 7) is 0. The van der Waals surface area contributed by atoms with Crippen LogP contribution in [0.4, 0.5) is 0 Å². The molecule has 4 aromatic carbocycles. The van der Waals surface area contributed by atoms with Crippen molar-refractivity contribution in [3.05, 3.63) is 107 Å². The number of rotatable bonds is 9. The first-order chi connectivity index (χ1) is 16.1. The van der Waals surface area contributed by atoms with E-state index in [2.05, 4.69) is 48.5 Å². The lowest BCUT2D eigenvalue weighted by atomic mass is 9.96. The van der Waals surface area contributed by atoms with Gasteiger partial charge in [0.15, 0.2) is 0 Å². The number of ether oxygens (including phenoxy) is 2. The van der Waals surface area contributed by atoms with Gasteiger partial charge in [0.1, 0.15) is 11.5 Å². The molecule has 0 saturated carbocycles. The number of aromatic carboxylic acids is 1. The fourth-order valence-corrected chi connectivity index (χ4v) is 4.19. The first-order valence-corrected chi connectivity index (χ1v) is 11.1. The molecule has 0 atom stereocenters. The molecule has 0 bridgehead atoms. The Labute approximate surface area is 194 Å². The topological polar surface area (TPSA) is 55.8 Å². The second-order valence-electron chi connectivity index (χ2n) is 8.16. The highest BCUT2D eigenvalue weighted by molar-refractivity contribution is 5.87. The highest BCUT2D eigenvalue weighted by Gasteiger charge is 2.12. The van der Waals surface area contributed by atoms with Gasteiger partial charge in [-0.2, -0.15) is 0 Å². The first-order valence-electron chi connectivity index (χ1n) is 11.1. The van der Waals surface area contributed by atoms with Crippen LogP contribution >= 0.6 is 0 Å². The van der Waals surface area contributed by atoms with E-state index in [0.717, 1.165) is 53.9 Å². The van der Waals surface area contributed by atoms with Crippen LogP contribution in [-0.4, -0.2) is 25.3 Å². The fourth-order valence-electron chi connectivity index (χ4n) is 4.19. The van der Waals surface area contributed by atoms with E-state index in [-0.39, 0.29) is 0 Å². The van der Waals surface area contributed by atoms with E-state index in [9.17, 15) is 4.79 Å². The average Bonchev–Trinajstić information content (AvgIpc) is 2.86. The first kappa shape index (κ1) is 22.4. The Morgan fingerprint density at radius 2 is 1.24 bits per heavy atom. The number of carboxylic acids is 1. The van der Waals surface area contributed by atoms with E-state index >= 15 is 0 Å². The van der Waals surface area contributed by atoms with Crippen LogP contribution < -0.4 is 9.47 Å². The average molecular weight is 441 g/mol. The molecule has 0 saturated heterocycles. The van der Waals surface area contributed by atoms with Crippen molar-refractivity contribution in [3.63, 3.8) is 0 Å². The van der Waals surface area contributed by atoms with E-state index < -0.39 is 5.97 Å². The van der Waals surface area contributed by atoms with Crippen molar-refractivity contribution in [2.45, 2.75) is 25.7 Å². The van der Waals surface area contributed by atoms with Crippen molar-refractivity contribution in [3.8, 4) is 11.5 Å². The van der Waals surface area contributed by atoms with Gasteiger partial charge < -0.3 is 14.6 Å². The van der Waals surface area contributed by atoms with Gasteiger partial charge >= 0.3 is 5.97 Å². The molecule has 0 fully saturated rings. The summed E-state index contributed by atoms with van der Waals surface area (Å²) in [4.78, 5) is 11.1. The van der Waals surface area contributed by atoms with Crippen LogP contribution in [0.3, 0.4) is 0 Å². The van der Waals surface area contributed by atoms with E-state index in [1.54, 1.807) is 26.4 Å². The van der Waals surface area contributed by atoms with E-state index in [4.69, 9.17) is 14.6 Å². The fraction of sp³-hybridized carbons (Fsp3) is 0.207. The summed E-state index contributed by atoms with van der Waals surface area (Å²) < 4.78 is 11.3. The van der Waals surface area contributed by atoms with Gasteiger partial charge in [-0.25, -0.2) is 4.79 Å². The van der Waals surface area contributed by atoms with Gasteiger partial charge in [0.2, 0.25) is 0 Å². The molecule has 168 valence electrons. The van der Waals surface area contributed by atoms with Crippen LogP contribution in [0.5, 0.6) is 11.5 Å². The summed E-state index contributed by atoms with van der Waals surface area (Å²) in [6, 6.07) is 26.2. The van der Waals surface area contributed by atoms with Crippen molar-refractivity contribution >= 4 is 16.7 Å². The Balaban J connectivity index is 1.51. The van der Waals surface area contributed by atoms with Crippen molar-refractivity contribution in [2.24, 2.45) is 0 Å². The minimum absolute atomic E-state index is 0.303. The number of aryl methyl sites for hydroxylation is 4. The van der Waals surface area contributed by atoms with Crippen molar-refractivity contribution in [1.82, 2.24) is 0 Å². The monoisotopic (exact) mass is 440 g/mol. The van der Waals surface area contributed by atoms with Crippen LogP contribution in [0.15, 0.2) is 78.9 Å². The molecule has 0 aliphatic heterocycles. The Hall–Kier alpha value is -3.79. The molecule has 0 aliphatic carbocycles. The molecular formula is C29H28O4. The molecule has 4 aromatic rings. The zero-order valence-corrected chi connectivity index (χ0v) is 19.0. The number of fused-ring (bicyclic) bond motifs is 1. The molecule has 0 radical (unpaired) electrons. The van der Waals surface area contributed by atoms with Crippen LogP contribution in [0.1, 0.15) is 32.6 Å². The lowest BCUT2D eigenvalue weighted by molar-refractivity contribution is 0.0697. The molecule has 4 heteroatoms. The van der Waals surface area contributed by atoms with Gasteiger partial charge in [0.05, 0.1) is 19.8 Å². The van der Waals surface area contributed by atoms with Crippen molar-refractivity contribution in [1.29, 1.82) is 0 Å². The maximum Gasteiger partial charge on any atom is 0.335 e. The van der Waals surface area contributed by atoms with Crippen molar-refractivity contribution < 1.29 is 19.4 Å². The summed E-state index contributed by atoms with van der Waals surface area (Å²) in [7, 11) is 3.37. The number of benzene rings is 4. The Morgan fingerprint density at radius 1 is 0.667 bits per heavy atom. The maximum absolute atomic E-state index is 11.1. The molecule has 0 aromatic heterocycles. The SMILES string of the molecule is COc1cc(OC)c(CCc2ccc3ccccc3c2)cc1CCc1ccc(C(=O)O)cc1. The summed E-state index contributed by atoms with van der Waals surface area (Å²) >= 11 is 0. The van der Waals surface area contributed by atoms with E-state index in [0.29, 0.717) is 5.56 Å². The quantitative estimate of drug-likeness (QED) is 0.340. The standard InChI is InChI=1S/C29H28O4/c1-32-27-19-28(33-2)26(16-11-21-10-12-22-5-3-4-6-24(22)17-21)18-25(27)15-9-20-7-13-23(14-8-20)29(30)31/h3-8,10,12-14,17-19H,9,11,15-16H2,1-2H3,(H,30,31). The van der Waals surface area contributed by atoms with Crippen LogP contribution in [0.2, 0.25) is 0 Å². The molecule has 0 amide bonds. The predicted molar refractivity (Wildman–Crippen MR) is 132 cm³/mol. The van der Waals surface area contributed by atoms with Crippen LogP contribution in [0.25, 0.3) is 10.8 Å². The normalized spacial score (nSPS) is 10.8. The molecule has 4 nitrogen and oxygen atoms in total. The third-order valence-corrected chi connectivity index (χ3v) is 6.06. The van der Waals surface area contributed by atoms with Crippen molar-refractivity contribution in [2.75, 3.05) is 14.2 Å². The van der Waals surface area contributed by atoms with Gasteiger partial charge in [-0.15, -0.1) is 0 Å². The largest absolute Gasteiger partial charge is 0.496 e. The van der Waals surface area contributed by atoms with Gasteiger partial charge in [-0.05, 0) is 76.9 Å². The molecule has 0 heterocycles. The highest BCUT2D eigenvalue weighted by atomic mass is 16.5. The number of carboxylic acid groups (broad SMARTS) is 1. The second-order valence-corrected chi connectivity index (χ2v) is 8.16. The minimum atomic E-state index is -0.908. The summed E-state index contributed by atoms with van der Waals surface area (Å²) in [6.07, 6.45) is 3.38. The summed E-state index contributed by atoms with van der Waals surface area (Å²) in [5.41, 5.74) is 4.97. The second kappa shape index (κ2) is 10.2. The zero-order chi connectivity index (χ0) is 23.2. The zero-order valence-electron chi connectivity index (χ0n) is 19.0. The maximum atomic E-state index is 11.1. The lowest BCUT2D eigenvalue weighted by Gasteiger charge is -2.15. The van der Waals surface area contributed by atoms with Crippen LogP contribution in [-0.2, 0) is 25.7 Å². The molecule has 0 aliphatic rings. The van der Waals surface area contributed by atoms with E-state index in [1.807, 2.05) is 18.2 Å². The van der Waals surface area contributed by atoms with Gasteiger partial charge in [0, 0.05) is 6.07 Å².